The molecule has 0 aliphatic rings. The number of rotatable bonds is 5. The van der Waals surface area contributed by atoms with Crippen molar-refractivity contribution >= 4 is 37.6 Å². The van der Waals surface area contributed by atoms with Gasteiger partial charge in [-0.2, -0.15) is 0 Å². The smallest absolute Gasteiger partial charge is 0.228 e. The molecule has 0 aromatic heterocycles. The van der Waals surface area contributed by atoms with Crippen LogP contribution >= 0.6 is 31.9 Å². The lowest BCUT2D eigenvalue weighted by atomic mass is 10.1. The molecule has 15 heavy (non-hydrogen) atoms. The molecule has 2 nitrogen and oxygen atoms in total. The summed E-state index contributed by atoms with van der Waals surface area (Å²) in [7, 11) is 0. The summed E-state index contributed by atoms with van der Waals surface area (Å²) in [6.45, 7) is -0.897. The largest absolute Gasteiger partial charge is 0.463 e. The molecule has 0 aliphatic heterocycles. The number of alkyl halides is 2. The number of hydrogen-bond donors (Lipinski definition) is 0. The highest BCUT2D eigenvalue weighted by atomic mass is 79.9. The number of benzene rings is 1. The third kappa shape index (κ3) is 3.91. The summed E-state index contributed by atoms with van der Waals surface area (Å²) in [5.74, 6) is 0.433. The van der Waals surface area contributed by atoms with E-state index in [0.717, 1.165) is 4.47 Å². The molecule has 0 unspecified atom stereocenters. The van der Waals surface area contributed by atoms with Gasteiger partial charge in [0.15, 0.2) is 0 Å². The van der Waals surface area contributed by atoms with E-state index in [0.29, 0.717) is 11.3 Å². The lowest BCUT2D eigenvalue weighted by Crippen LogP contribution is -2.05. The molecular weight excluding hydrogens is 331 g/mol. The molecule has 0 amide bonds. The first-order valence-electron chi connectivity index (χ1n) is 4.22. The summed E-state index contributed by atoms with van der Waals surface area (Å²) in [6.07, 6.45) is 0.244. The number of carbonyl (C=O) groups excluding carboxylic acids is 1. The van der Waals surface area contributed by atoms with E-state index >= 15 is 0 Å². The molecule has 0 fully saturated rings. The Morgan fingerprint density at radius 3 is 2.80 bits per heavy atom. The van der Waals surface area contributed by atoms with Crippen molar-refractivity contribution < 1.29 is 13.9 Å². The second kappa shape index (κ2) is 6.23. The van der Waals surface area contributed by atoms with Crippen LogP contribution in [0.1, 0.15) is 5.56 Å². The Balaban J connectivity index is 2.89. The lowest BCUT2D eigenvalue weighted by Gasteiger charge is -2.08. The maximum absolute atomic E-state index is 12.1. The fourth-order valence-corrected chi connectivity index (χ4v) is 1.67. The molecule has 0 saturated carbocycles. The number of ether oxygens (including phenoxy) is 1. The summed E-state index contributed by atoms with van der Waals surface area (Å²) in [5, 5.41) is 0.290. The molecule has 1 aromatic rings. The van der Waals surface area contributed by atoms with Crippen LogP contribution in [0.2, 0.25) is 0 Å². The first-order chi connectivity index (χ1) is 7.17. The highest BCUT2D eigenvalue weighted by molar-refractivity contribution is 9.10. The topological polar surface area (TPSA) is 26.3 Å². The summed E-state index contributed by atoms with van der Waals surface area (Å²) in [5.41, 5.74) is 0.695. The van der Waals surface area contributed by atoms with E-state index in [9.17, 15) is 9.18 Å². The molecule has 0 heterocycles. The Morgan fingerprint density at radius 1 is 1.47 bits per heavy atom. The van der Waals surface area contributed by atoms with Gasteiger partial charge in [0.05, 0.1) is 5.33 Å². The average Bonchev–Trinajstić information content (AvgIpc) is 2.22. The van der Waals surface area contributed by atoms with Crippen molar-refractivity contribution in [1.29, 1.82) is 0 Å². The Kier molecular flexibility index (Phi) is 5.25. The Morgan fingerprint density at radius 2 is 2.20 bits per heavy atom. The maximum atomic E-state index is 12.1. The fourth-order valence-electron chi connectivity index (χ4n) is 1.13. The van der Waals surface area contributed by atoms with Crippen LogP contribution in [0.25, 0.3) is 0 Å². The Bertz CT molecular complexity index is 355. The number of Topliss-reactive ketones (excluding diaryl/α,β-unsaturated/α-hetero) is 1. The second-order valence-corrected chi connectivity index (χ2v) is 4.33. The van der Waals surface area contributed by atoms with Crippen molar-refractivity contribution in [3.8, 4) is 5.75 Å². The highest BCUT2D eigenvalue weighted by Gasteiger charge is 2.08. The molecule has 0 bridgehead atoms. The lowest BCUT2D eigenvalue weighted by molar-refractivity contribution is -0.115. The van der Waals surface area contributed by atoms with Crippen LogP contribution in [0.15, 0.2) is 22.7 Å². The number of ketones is 1. The van der Waals surface area contributed by atoms with Crippen molar-refractivity contribution in [1.82, 2.24) is 0 Å². The average molecular weight is 340 g/mol. The second-order valence-electron chi connectivity index (χ2n) is 2.85. The van der Waals surface area contributed by atoms with E-state index in [1.54, 1.807) is 18.2 Å². The molecule has 0 N–H and O–H groups in total. The van der Waals surface area contributed by atoms with Crippen LogP contribution in [0.3, 0.4) is 0 Å². The van der Waals surface area contributed by atoms with Crippen molar-refractivity contribution in [3.05, 3.63) is 28.2 Å². The standard InChI is InChI=1S/C10H9Br2FO2/c11-5-9(14)3-7-1-2-8(12)4-10(7)15-6-13/h1-2,4H,3,5-6H2. The zero-order valence-electron chi connectivity index (χ0n) is 7.80. The van der Waals surface area contributed by atoms with Crippen LogP contribution in [-0.4, -0.2) is 18.0 Å². The van der Waals surface area contributed by atoms with Crippen LogP contribution in [0.5, 0.6) is 5.75 Å². The SMILES string of the molecule is O=C(CBr)Cc1ccc(Br)cc1OCF. The normalized spacial score (nSPS) is 10.1. The van der Waals surface area contributed by atoms with Gasteiger partial charge in [-0.15, -0.1) is 0 Å². The molecule has 0 saturated heterocycles. The number of carbonyl (C=O) groups is 1. The van der Waals surface area contributed by atoms with Gasteiger partial charge in [-0.25, -0.2) is 4.39 Å². The van der Waals surface area contributed by atoms with E-state index in [2.05, 4.69) is 31.9 Å². The van der Waals surface area contributed by atoms with E-state index in [1.165, 1.54) is 0 Å². The van der Waals surface area contributed by atoms with E-state index in [-0.39, 0.29) is 17.5 Å². The van der Waals surface area contributed by atoms with Crippen molar-refractivity contribution in [2.75, 3.05) is 12.2 Å². The van der Waals surface area contributed by atoms with Crippen LogP contribution < -0.4 is 4.74 Å². The first kappa shape index (κ1) is 12.6. The summed E-state index contributed by atoms with van der Waals surface area (Å²) in [4.78, 5) is 11.2. The molecule has 0 atom stereocenters. The minimum atomic E-state index is -0.897. The van der Waals surface area contributed by atoms with E-state index in [4.69, 9.17) is 4.74 Å². The van der Waals surface area contributed by atoms with Gasteiger partial charge >= 0.3 is 0 Å². The van der Waals surface area contributed by atoms with Crippen LogP contribution in [0, 0.1) is 0 Å². The maximum Gasteiger partial charge on any atom is 0.228 e. The van der Waals surface area contributed by atoms with Gasteiger partial charge in [-0.1, -0.05) is 37.9 Å². The van der Waals surface area contributed by atoms with Crippen molar-refractivity contribution in [3.63, 3.8) is 0 Å². The van der Waals surface area contributed by atoms with E-state index < -0.39 is 6.86 Å². The quantitative estimate of drug-likeness (QED) is 0.770. The van der Waals surface area contributed by atoms with Gasteiger partial charge in [0.25, 0.3) is 0 Å². The highest BCUT2D eigenvalue weighted by Crippen LogP contribution is 2.24. The third-order valence-corrected chi connectivity index (χ3v) is 2.89. The van der Waals surface area contributed by atoms with Crippen LogP contribution in [-0.2, 0) is 11.2 Å². The molecule has 0 spiro atoms. The zero-order valence-corrected chi connectivity index (χ0v) is 11.0. The van der Waals surface area contributed by atoms with Gasteiger partial charge in [0.2, 0.25) is 6.86 Å². The zero-order chi connectivity index (χ0) is 11.3. The number of hydrogen-bond acceptors (Lipinski definition) is 2. The molecule has 0 aliphatic carbocycles. The van der Waals surface area contributed by atoms with Gasteiger partial charge < -0.3 is 4.74 Å². The van der Waals surface area contributed by atoms with Gasteiger partial charge in [0.1, 0.15) is 11.5 Å². The Labute approximate surface area is 104 Å². The predicted octanol–water partition coefficient (Wildman–Crippen LogP) is 3.26. The summed E-state index contributed by atoms with van der Waals surface area (Å²) >= 11 is 6.33. The molecule has 82 valence electrons. The van der Waals surface area contributed by atoms with Gasteiger partial charge in [-0.3, -0.25) is 4.79 Å². The van der Waals surface area contributed by atoms with E-state index in [1.807, 2.05) is 0 Å². The predicted molar refractivity (Wildman–Crippen MR) is 63.3 cm³/mol. The first-order valence-corrected chi connectivity index (χ1v) is 6.13. The third-order valence-electron chi connectivity index (χ3n) is 1.78. The molecule has 0 radical (unpaired) electrons. The summed E-state index contributed by atoms with van der Waals surface area (Å²) in [6, 6.07) is 5.19. The minimum absolute atomic E-state index is 0.0287. The number of halogens is 3. The monoisotopic (exact) mass is 338 g/mol. The van der Waals surface area contributed by atoms with Gasteiger partial charge in [0, 0.05) is 16.5 Å². The molecule has 1 rings (SSSR count). The summed E-state index contributed by atoms with van der Waals surface area (Å²) < 4.78 is 17.7. The minimum Gasteiger partial charge on any atom is -0.463 e. The molecular formula is C10H9Br2FO2. The Hall–Kier alpha value is -0.420. The fraction of sp³-hybridized carbons (Fsp3) is 0.300. The molecule has 1 aromatic carbocycles. The van der Waals surface area contributed by atoms with Crippen LogP contribution in [0.4, 0.5) is 4.39 Å². The van der Waals surface area contributed by atoms with Crippen molar-refractivity contribution in [2.24, 2.45) is 0 Å². The van der Waals surface area contributed by atoms with Gasteiger partial charge in [-0.05, 0) is 12.1 Å². The van der Waals surface area contributed by atoms with Crippen molar-refractivity contribution in [2.45, 2.75) is 6.42 Å². The molecule has 5 heteroatoms.